The number of hydrogen-bond acceptors (Lipinski definition) is 4. The Labute approximate surface area is 220 Å². The van der Waals surface area contributed by atoms with Crippen molar-refractivity contribution < 1.29 is 14.3 Å². The molecule has 2 aliphatic rings. The van der Waals surface area contributed by atoms with Crippen LogP contribution in [0.2, 0.25) is 10.0 Å². The fraction of sp³-hybridized carbons (Fsp3) is 0.200. The molecule has 1 aliphatic carbocycles. The third-order valence-electron chi connectivity index (χ3n) is 6.51. The minimum absolute atomic E-state index is 0.0469. The Morgan fingerprint density at radius 2 is 1.61 bits per heavy atom. The number of ether oxygens (including phenoxy) is 1. The summed E-state index contributed by atoms with van der Waals surface area (Å²) in [6.07, 6.45) is 0.910. The summed E-state index contributed by atoms with van der Waals surface area (Å²) in [5, 5.41) is 4.17. The SMILES string of the molecule is CC1(C)CC(=O)C2=C(C1)OC(Nc1ccccc1)=C(C(=O)c1ccccc1)C2c1ccc(Cl)cc1Cl. The van der Waals surface area contributed by atoms with E-state index in [1.54, 1.807) is 30.3 Å². The standard InChI is InChI=1S/C30H25Cl2NO3/c1-30(2)16-23(34)26-24(17-30)36-29(33-20-11-7-4-8-12-20)27(28(35)18-9-5-3-6-10-18)25(26)21-14-13-19(31)15-22(21)32/h3-15,25,33H,16-17H2,1-2H3. The minimum Gasteiger partial charge on any atom is -0.444 e. The molecule has 0 aromatic heterocycles. The van der Waals surface area contributed by atoms with Crippen molar-refractivity contribution in [1.82, 2.24) is 0 Å². The zero-order valence-electron chi connectivity index (χ0n) is 20.0. The lowest BCUT2D eigenvalue weighted by molar-refractivity contribution is -0.119. The van der Waals surface area contributed by atoms with Gasteiger partial charge in [-0.2, -0.15) is 0 Å². The Balaban J connectivity index is 1.76. The largest absolute Gasteiger partial charge is 0.444 e. The third kappa shape index (κ3) is 4.71. The number of halogens is 2. The second kappa shape index (κ2) is 9.61. The molecule has 182 valence electrons. The summed E-state index contributed by atoms with van der Waals surface area (Å²) in [5.74, 6) is -0.129. The van der Waals surface area contributed by atoms with Gasteiger partial charge < -0.3 is 10.1 Å². The first-order valence-corrected chi connectivity index (χ1v) is 12.5. The molecule has 1 aliphatic heterocycles. The molecule has 1 heterocycles. The molecule has 6 heteroatoms. The zero-order chi connectivity index (χ0) is 25.4. The Morgan fingerprint density at radius 3 is 2.28 bits per heavy atom. The van der Waals surface area contributed by atoms with Crippen LogP contribution in [-0.2, 0) is 9.53 Å². The number of para-hydroxylation sites is 1. The number of hydrogen-bond donors (Lipinski definition) is 1. The lowest BCUT2D eigenvalue weighted by Crippen LogP contribution is -2.35. The monoisotopic (exact) mass is 517 g/mol. The van der Waals surface area contributed by atoms with E-state index in [9.17, 15) is 9.59 Å². The van der Waals surface area contributed by atoms with Crippen molar-refractivity contribution in [2.45, 2.75) is 32.6 Å². The molecule has 36 heavy (non-hydrogen) atoms. The van der Waals surface area contributed by atoms with Gasteiger partial charge in [-0.05, 0) is 35.2 Å². The molecule has 3 aromatic rings. The number of carbonyl (C=O) groups excluding carboxylic acids is 2. The van der Waals surface area contributed by atoms with Crippen LogP contribution in [0.3, 0.4) is 0 Å². The number of allylic oxidation sites excluding steroid dienone is 3. The smallest absolute Gasteiger partial charge is 0.205 e. The second-order valence-corrected chi connectivity index (χ2v) is 10.8. The normalized spacial score (nSPS) is 19.0. The van der Waals surface area contributed by atoms with Gasteiger partial charge in [-0.1, -0.05) is 91.6 Å². The summed E-state index contributed by atoms with van der Waals surface area (Å²) < 4.78 is 6.41. The van der Waals surface area contributed by atoms with Crippen LogP contribution in [0.5, 0.6) is 0 Å². The van der Waals surface area contributed by atoms with Gasteiger partial charge in [0.2, 0.25) is 5.88 Å². The Morgan fingerprint density at radius 1 is 0.944 bits per heavy atom. The summed E-state index contributed by atoms with van der Waals surface area (Å²) in [4.78, 5) is 27.7. The molecule has 1 N–H and O–H groups in total. The molecule has 0 saturated heterocycles. The summed E-state index contributed by atoms with van der Waals surface area (Å²) in [6.45, 7) is 4.09. The average Bonchev–Trinajstić information content (AvgIpc) is 2.83. The Bertz CT molecular complexity index is 1410. The Kier molecular flexibility index (Phi) is 6.50. The highest BCUT2D eigenvalue weighted by atomic mass is 35.5. The summed E-state index contributed by atoms with van der Waals surface area (Å²) in [5.41, 5.74) is 2.43. The molecule has 0 radical (unpaired) electrons. The quantitative estimate of drug-likeness (QED) is 0.348. The molecule has 0 spiro atoms. The van der Waals surface area contributed by atoms with Gasteiger partial charge in [0.05, 0.1) is 11.5 Å². The highest BCUT2D eigenvalue weighted by molar-refractivity contribution is 6.35. The predicted octanol–water partition coefficient (Wildman–Crippen LogP) is 7.96. The molecule has 4 nitrogen and oxygen atoms in total. The van der Waals surface area contributed by atoms with E-state index in [2.05, 4.69) is 5.32 Å². The summed E-state index contributed by atoms with van der Waals surface area (Å²) in [7, 11) is 0. The maximum atomic E-state index is 14.1. The van der Waals surface area contributed by atoms with Gasteiger partial charge >= 0.3 is 0 Å². The molecule has 3 aromatic carbocycles. The molecule has 0 fully saturated rings. The first-order valence-electron chi connectivity index (χ1n) is 11.8. The van der Waals surface area contributed by atoms with Gasteiger partial charge in [0.1, 0.15) is 5.76 Å². The zero-order valence-corrected chi connectivity index (χ0v) is 21.5. The van der Waals surface area contributed by atoms with Crippen LogP contribution in [0.1, 0.15) is 48.5 Å². The van der Waals surface area contributed by atoms with E-state index in [0.29, 0.717) is 56.8 Å². The van der Waals surface area contributed by atoms with Gasteiger partial charge in [0.25, 0.3) is 0 Å². The highest BCUT2D eigenvalue weighted by Gasteiger charge is 2.45. The Hall–Kier alpha value is -3.34. The van der Waals surface area contributed by atoms with Gasteiger partial charge in [-0.15, -0.1) is 0 Å². The van der Waals surface area contributed by atoms with E-state index >= 15 is 0 Å². The van der Waals surface area contributed by atoms with Crippen LogP contribution in [0.4, 0.5) is 5.69 Å². The highest BCUT2D eigenvalue weighted by Crippen LogP contribution is 2.50. The van der Waals surface area contributed by atoms with Crippen LogP contribution >= 0.6 is 23.2 Å². The molecule has 1 unspecified atom stereocenters. The first kappa shape index (κ1) is 24.4. The number of nitrogens with one attached hydrogen (secondary N) is 1. The molecule has 1 atom stereocenters. The second-order valence-electron chi connectivity index (χ2n) is 9.91. The number of Topliss-reactive ketones (excluding diaryl/α,β-unsaturated/α-hetero) is 2. The van der Waals surface area contributed by atoms with Crippen LogP contribution < -0.4 is 5.32 Å². The van der Waals surface area contributed by atoms with E-state index in [1.807, 2.05) is 62.4 Å². The first-order chi connectivity index (χ1) is 17.2. The molecule has 0 saturated carbocycles. The maximum Gasteiger partial charge on any atom is 0.205 e. The van der Waals surface area contributed by atoms with Gasteiger partial charge in [0.15, 0.2) is 11.6 Å². The molecular formula is C30H25Cl2NO3. The van der Waals surface area contributed by atoms with E-state index < -0.39 is 5.92 Å². The molecular weight excluding hydrogens is 493 g/mol. The molecule has 0 bridgehead atoms. The number of carbonyl (C=O) groups is 2. The minimum atomic E-state index is -0.707. The van der Waals surface area contributed by atoms with E-state index in [4.69, 9.17) is 27.9 Å². The van der Waals surface area contributed by atoms with Gasteiger partial charge in [-0.25, -0.2) is 0 Å². The van der Waals surface area contributed by atoms with Crippen molar-refractivity contribution in [2.24, 2.45) is 5.41 Å². The van der Waals surface area contributed by atoms with E-state index in [1.165, 1.54) is 0 Å². The number of benzene rings is 3. The fourth-order valence-corrected chi connectivity index (χ4v) is 5.43. The van der Waals surface area contributed by atoms with Gasteiger partial charge in [-0.3, -0.25) is 9.59 Å². The van der Waals surface area contributed by atoms with Crippen LogP contribution in [0, 0.1) is 5.41 Å². The van der Waals surface area contributed by atoms with Crippen molar-refractivity contribution in [3.63, 3.8) is 0 Å². The van der Waals surface area contributed by atoms with Crippen LogP contribution in [-0.4, -0.2) is 11.6 Å². The number of rotatable bonds is 5. The summed E-state index contributed by atoms with van der Waals surface area (Å²) in [6, 6.07) is 23.6. The van der Waals surface area contributed by atoms with Crippen molar-refractivity contribution in [1.29, 1.82) is 0 Å². The lowest BCUT2D eigenvalue weighted by Gasteiger charge is -2.39. The molecule has 5 rings (SSSR count). The lowest BCUT2D eigenvalue weighted by atomic mass is 9.69. The average molecular weight is 518 g/mol. The van der Waals surface area contributed by atoms with Gasteiger partial charge in [0, 0.05) is 39.7 Å². The maximum absolute atomic E-state index is 14.1. The van der Waals surface area contributed by atoms with Crippen LogP contribution in [0.15, 0.2) is 102 Å². The van der Waals surface area contributed by atoms with Crippen molar-refractivity contribution in [2.75, 3.05) is 5.32 Å². The van der Waals surface area contributed by atoms with Crippen molar-refractivity contribution in [3.8, 4) is 0 Å². The molecule has 0 amide bonds. The number of anilines is 1. The topological polar surface area (TPSA) is 55.4 Å². The van der Waals surface area contributed by atoms with E-state index in [0.717, 1.165) is 5.69 Å². The van der Waals surface area contributed by atoms with E-state index in [-0.39, 0.29) is 17.0 Å². The predicted molar refractivity (Wildman–Crippen MR) is 143 cm³/mol. The van der Waals surface area contributed by atoms with Crippen LogP contribution in [0.25, 0.3) is 0 Å². The third-order valence-corrected chi connectivity index (χ3v) is 7.07. The summed E-state index contributed by atoms with van der Waals surface area (Å²) >= 11 is 12.9. The van der Waals surface area contributed by atoms with Crippen molar-refractivity contribution >= 4 is 40.5 Å². The number of ketones is 2. The fourth-order valence-electron chi connectivity index (χ4n) is 4.92. The van der Waals surface area contributed by atoms with Crippen molar-refractivity contribution in [3.05, 3.63) is 123 Å².